The molecule has 2 aromatic rings. The van der Waals surface area contributed by atoms with E-state index in [0.717, 1.165) is 28.3 Å². The molecule has 0 radical (unpaired) electrons. The number of benzene rings is 2. The van der Waals surface area contributed by atoms with Crippen molar-refractivity contribution in [3.05, 3.63) is 53.6 Å². The van der Waals surface area contributed by atoms with E-state index in [0.29, 0.717) is 6.61 Å². The third kappa shape index (κ3) is 2.72. The molecule has 0 bridgehead atoms. The Labute approximate surface area is 129 Å². The fourth-order valence-corrected chi connectivity index (χ4v) is 2.64. The lowest BCUT2D eigenvalue weighted by Gasteiger charge is -2.06. The zero-order chi connectivity index (χ0) is 15.5. The minimum absolute atomic E-state index is 0.0287. The number of carbonyl (C=O) groups excluding carboxylic acids is 1. The van der Waals surface area contributed by atoms with E-state index in [-0.39, 0.29) is 11.8 Å². The summed E-state index contributed by atoms with van der Waals surface area (Å²) in [4.78, 5) is 16.6. The first kappa shape index (κ1) is 14.3. The summed E-state index contributed by atoms with van der Waals surface area (Å²) >= 11 is 0. The van der Waals surface area contributed by atoms with Crippen LogP contribution in [-0.2, 0) is 4.79 Å². The molecule has 3 rings (SSSR count). The van der Waals surface area contributed by atoms with Gasteiger partial charge >= 0.3 is 0 Å². The van der Waals surface area contributed by atoms with Gasteiger partial charge in [0.2, 0.25) is 5.91 Å². The van der Waals surface area contributed by atoms with Crippen molar-refractivity contribution in [2.24, 2.45) is 4.99 Å². The van der Waals surface area contributed by atoms with Gasteiger partial charge in [0.1, 0.15) is 11.7 Å². The summed E-state index contributed by atoms with van der Waals surface area (Å²) < 4.78 is 5.40. The Morgan fingerprint density at radius 1 is 1.23 bits per heavy atom. The van der Waals surface area contributed by atoms with Gasteiger partial charge in [-0.3, -0.25) is 9.79 Å². The van der Waals surface area contributed by atoms with Crippen LogP contribution in [0.3, 0.4) is 0 Å². The molecule has 4 nitrogen and oxygen atoms in total. The zero-order valence-electron chi connectivity index (χ0n) is 12.7. The largest absolute Gasteiger partial charge is 0.494 e. The van der Waals surface area contributed by atoms with Gasteiger partial charge in [0, 0.05) is 11.9 Å². The lowest BCUT2D eigenvalue weighted by atomic mass is 9.97. The van der Waals surface area contributed by atoms with Crippen LogP contribution in [0.5, 0.6) is 5.75 Å². The Morgan fingerprint density at radius 2 is 2.00 bits per heavy atom. The second-order valence-corrected chi connectivity index (χ2v) is 5.21. The van der Waals surface area contributed by atoms with Crippen molar-refractivity contribution in [3.63, 3.8) is 0 Å². The number of nitrogens with one attached hydrogen (secondary N) is 1. The summed E-state index contributed by atoms with van der Waals surface area (Å²) in [5.74, 6) is 0.461. The van der Waals surface area contributed by atoms with Gasteiger partial charge in [-0.15, -0.1) is 0 Å². The van der Waals surface area contributed by atoms with Crippen LogP contribution in [0.2, 0.25) is 0 Å². The quantitative estimate of drug-likeness (QED) is 0.871. The number of fused-ring (bicyclic) bond motifs is 1. The van der Waals surface area contributed by atoms with Gasteiger partial charge in [-0.2, -0.15) is 0 Å². The van der Waals surface area contributed by atoms with Crippen molar-refractivity contribution in [3.8, 4) is 5.75 Å². The molecule has 1 amide bonds. The molecule has 0 fully saturated rings. The Kier molecular flexibility index (Phi) is 3.92. The SMILES string of the molecule is CCOc1ccc(N=CC2C(=O)Nc3cccc(C)c32)cc1. The van der Waals surface area contributed by atoms with Crippen LogP contribution in [0.4, 0.5) is 11.4 Å². The number of aliphatic imine (C=N–C) groups is 1. The molecule has 1 atom stereocenters. The van der Waals surface area contributed by atoms with Gasteiger partial charge in [-0.05, 0) is 55.3 Å². The predicted octanol–water partition coefficient (Wildman–Crippen LogP) is 3.83. The molecule has 0 aromatic heterocycles. The number of amides is 1. The molecule has 0 saturated carbocycles. The number of anilines is 1. The summed E-state index contributed by atoms with van der Waals surface area (Å²) in [5, 5.41) is 2.90. The average molecular weight is 294 g/mol. The van der Waals surface area contributed by atoms with Crippen molar-refractivity contribution < 1.29 is 9.53 Å². The highest BCUT2D eigenvalue weighted by Gasteiger charge is 2.30. The van der Waals surface area contributed by atoms with Crippen molar-refractivity contribution in [1.82, 2.24) is 0 Å². The first-order valence-electron chi connectivity index (χ1n) is 7.36. The maximum Gasteiger partial charge on any atom is 0.237 e. The van der Waals surface area contributed by atoms with Crippen LogP contribution in [0.1, 0.15) is 24.0 Å². The van der Waals surface area contributed by atoms with Crippen LogP contribution in [-0.4, -0.2) is 18.7 Å². The lowest BCUT2D eigenvalue weighted by Crippen LogP contribution is -2.13. The maximum atomic E-state index is 12.1. The summed E-state index contributed by atoms with van der Waals surface area (Å²) in [6.45, 7) is 4.60. The molecule has 0 saturated heterocycles. The van der Waals surface area contributed by atoms with Crippen molar-refractivity contribution in [1.29, 1.82) is 0 Å². The highest BCUT2D eigenvalue weighted by atomic mass is 16.5. The van der Waals surface area contributed by atoms with Crippen LogP contribution >= 0.6 is 0 Å². The highest BCUT2D eigenvalue weighted by molar-refractivity contribution is 6.13. The van der Waals surface area contributed by atoms with E-state index >= 15 is 0 Å². The normalized spacial score (nSPS) is 16.6. The van der Waals surface area contributed by atoms with Gasteiger partial charge in [-0.25, -0.2) is 0 Å². The summed E-state index contributed by atoms with van der Waals surface area (Å²) in [7, 11) is 0. The molecule has 112 valence electrons. The molecule has 1 aliphatic rings. The molecule has 1 N–H and O–H groups in total. The van der Waals surface area contributed by atoms with E-state index in [1.54, 1.807) is 6.21 Å². The van der Waals surface area contributed by atoms with Crippen molar-refractivity contribution in [2.75, 3.05) is 11.9 Å². The molecule has 1 heterocycles. The van der Waals surface area contributed by atoms with Crippen molar-refractivity contribution >= 4 is 23.5 Å². The molecule has 0 aliphatic carbocycles. The monoisotopic (exact) mass is 294 g/mol. The van der Waals surface area contributed by atoms with Crippen molar-refractivity contribution in [2.45, 2.75) is 19.8 Å². The molecule has 1 aliphatic heterocycles. The first-order chi connectivity index (χ1) is 10.7. The fraction of sp³-hybridized carbons (Fsp3) is 0.222. The number of hydrogen-bond acceptors (Lipinski definition) is 3. The first-order valence-corrected chi connectivity index (χ1v) is 7.36. The standard InChI is InChI=1S/C18H18N2O2/c1-3-22-14-9-7-13(8-10-14)19-11-15-17-12(2)5-4-6-16(17)20-18(15)21/h4-11,15H,3H2,1-2H3,(H,20,21). The Hall–Kier alpha value is -2.62. The number of rotatable bonds is 4. The summed E-state index contributed by atoms with van der Waals surface area (Å²) in [6.07, 6.45) is 1.71. The van der Waals surface area contributed by atoms with E-state index in [2.05, 4.69) is 10.3 Å². The Balaban J connectivity index is 1.83. The number of ether oxygens (including phenoxy) is 1. The molecule has 1 unspecified atom stereocenters. The van der Waals surface area contributed by atoms with Gasteiger partial charge in [0.15, 0.2) is 0 Å². The van der Waals surface area contributed by atoms with E-state index < -0.39 is 0 Å². The smallest absolute Gasteiger partial charge is 0.237 e. The average Bonchev–Trinajstić information content (AvgIpc) is 2.84. The molecule has 2 aromatic carbocycles. The Bertz CT molecular complexity index is 720. The van der Waals surface area contributed by atoms with E-state index in [1.165, 1.54) is 0 Å². The van der Waals surface area contributed by atoms with Gasteiger partial charge in [-0.1, -0.05) is 12.1 Å². The minimum atomic E-state index is -0.331. The summed E-state index contributed by atoms with van der Waals surface area (Å²) in [6, 6.07) is 13.4. The Morgan fingerprint density at radius 3 is 2.73 bits per heavy atom. The van der Waals surface area contributed by atoms with Crippen LogP contribution < -0.4 is 10.1 Å². The molecule has 0 spiro atoms. The molecular formula is C18H18N2O2. The predicted molar refractivity (Wildman–Crippen MR) is 88.3 cm³/mol. The molecule has 22 heavy (non-hydrogen) atoms. The second-order valence-electron chi connectivity index (χ2n) is 5.21. The fourth-order valence-electron chi connectivity index (χ4n) is 2.64. The van der Waals surface area contributed by atoms with E-state index in [9.17, 15) is 4.79 Å². The van der Waals surface area contributed by atoms with Crippen LogP contribution in [0.15, 0.2) is 47.5 Å². The number of aryl methyl sites for hydroxylation is 1. The molecular weight excluding hydrogens is 276 g/mol. The second kappa shape index (κ2) is 6.02. The van der Waals surface area contributed by atoms with E-state index in [4.69, 9.17) is 4.74 Å². The highest BCUT2D eigenvalue weighted by Crippen LogP contribution is 2.34. The zero-order valence-corrected chi connectivity index (χ0v) is 12.7. The number of carbonyl (C=O) groups is 1. The van der Waals surface area contributed by atoms with Gasteiger partial charge in [0.05, 0.1) is 12.3 Å². The summed E-state index contributed by atoms with van der Waals surface area (Å²) in [5.41, 5.74) is 3.80. The third-order valence-electron chi connectivity index (χ3n) is 3.70. The van der Waals surface area contributed by atoms with Crippen LogP contribution in [0.25, 0.3) is 0 Å². The number of nitrogens with zero attached hydrogens (tertiary/aromatic N) is 1. The topological polar surface area (TPSA) is 50.7 Å². The minimum Gasteiger partial charge on any atom is -0.494 e. The van der Waals surface area contributed by atoms with Crippen LogP contribution in [0, 0.1) is 6.92 Å². The van der Waals surface area contributed by atoms with Gasteiger partial charge < -0.3 is 10.1 Å². The molecule has 4 heteroatoms. The lowest BCUT2D eigenvalue weighted by molar-refractivity contribution is -0.115. The van der Waals surface area contributed by atoms with Gasteiger partial charge in [0.25, 0.3) is 0 Å². The third-order valence-corrected chi connectivity index (χ3v) is 3.70. The number of hydrogen-bond donors (Lipinski definition) is 1. The maximum absolute atomic E-state index is 12.1. The van der Waals surface area contributed by atoms with E-state index in [1.807, 2.05) is 56.3 Å².